The van der Waals surface area contributed by atoms with Gasteiger partial charge in [0.1, 0.15) is 0 Å². The van der Waals surface area contributed by atoms with Crippen LogP contribution in [0.2, 0.25) is 0 Å². The molecule has 0 amide bonds. The van der Waals surface area contributed by atoms with E-state index in [1.165, 1.54) is 106 Å². The Labute approximate surface area is 339 Å². The molecule has 0 radical (unpaired) electrons. The first-order valence-electron chi connectivity index (χ1n) is 18.6. The molecule has 55 heavy (non-hydrogen) atoms. The van der Waals surface area contributed by atoms with Gasteiger partial charge >= 0.3 is 0 Å². The summed E-state index contributed by atoms with van der Waals surface area (Å²) in [5.41, 5.74) is 15.0. The molecule has 3 aliphatic rings. The van der Waals surface area contributed by atoms with E-state index in [2.05, 4.69) is 184 Å². The van der Waals surface area contributed by atoms with Gasteiger partial charge in [0.25, 0.3) is 0 Å². The first kappa shape index (κ1) is 33.5. The van der Waals surface area contributed by atoms with E-state index in [-0.39, 0.29) is 0 Å². The number of rotatable bonds is 4. The zero-order valence-corrected chi connectivity index (χ0v) is 33.6. The zero-order valence-electron chi connectivity index (χ0n) is 30.3. The highest BCUT2D eigenvalue weighted by molar-refractivity contribution is 8.05. The Morgan fingerprint density at radius 1 is 0.327 bits per heavy atom. The quantitative estimate of drug-likeness (QED) is 0.175. The second kappa shape index (κ2) is 13.1. The molecular formula is C51H34S4. The molecule has 0 saturated heterocycles. The molecule has 8 aromatic carbocycles. The highest BCUT2D eigenvalue weighted by Crippen LogP contribution is 2.59. The summed E-state index contributed by atoms with van der Waals surface area (Å²) in [6, 6.07) is 64.4. The fourth-order valence-corrected chi connectivity index (χ4v) is 13.4. The lowest BCUT2D eigenvalue weighted by atomic mass is 9.67. The van der Waals surface area contributed by atoms with E-state index >= 15 is 0 Å². The molecule has 4 heteroatoms. The molecule has 0 aromatic heterocycles. The van der Waals surface area contributed by atoms with Gasteiger partial charge in [0, 0.05) is 39.2 Å². The van der Waals surface area contributed by atoms with E-state index < -0.39 is 5.41 Å². The maximum Gasteiger partial charge on any atom is 0.0714 e. The van der Waals surface area contributed by atoms with Crippen LogP contribution in [0.5, 0.6) is 0 Å². The van der Waals surface area contributed by atoms with Crippen LogP contribution in [0.3, 0.4) is 0 Å². The molecule has 0 atom stereocenters. The van der Waals surface area contributed by atoms with Crippen molar-refractivity contribution in [1.29, 1.82) is 0 Å². The molecule has 0 nitrogen and oxygen atoms in total. The van der Waals surface area contributed by atoms with E-state index in [0.717, 1.165) is 0 Å². The van der Waals surface area contributed by atoms with Gasteiger partial charge in [-0.3, -0.25) is 0 Å². The monoisotopic (exact) mass is 774 g/mol. The Morgan fingerprint density at radius 2 is 0.709 bits per heavy atom. The predicted octanol–water partition coefficient (Wildman–Crippen LogP) is 15.2. The lowest BCUT2D eigenvalue weighted by molar-refractivity contribution is 0.768. The largest absolute Gasteiger partial charge is 0.0877 e. The molecule has 0 unspecified atom stereocenters. The lowest BCUT2D eigenvalue weighted by Gasteiger charge is -2.35. The highest BCUT2D eigenvalue weighted by atomic mass is 32.2. The van der Waals surface area contributed by atoms with Crippen LogP contribution in [-0.4, -0.2) is 0 Å². The second-order valence-corrected chi connectivity index (χ2v) is 18.8. The van der Waals surface area contributed by atoms with Crippen molar-refractivity contribution in [2.75, 3.05) is 0 Å². The first-order chi connectivity index (χ1) is 27.0. The van der Waals surface area contributed by atoms with E-state index in [9.17, 15) is 0 Å². The predicted molar refractivity (Wildman–Crippen MR) is 233 cm³/mol. The molecule has 2 heterocycles. The summed E-state index contributed by atoms with van der Waals surface area (Å²) < 4.78 is 0. The number of hydrogen-bond donors (Lipinski definition) is 0. The summed E-state index contributed by atoms with van der Waals surface area (Å²) >= 11 is 7.57. The molecule has 0 fully saturated rings. The van der Waals surface area contributed by atoms with Crippen molar-refractivity contribution in [2.45, 2.75) is 58.4 Å². The van der Waals surface area contributed by atoms with Crippen LogP contribution in [0.1, 0.15) is 33.4 Å². The minimum atomic E-state index is -0.523. The van der Waals surface area contributed by atoms with Gasteiger partial charge in [-0.05, 0) is 118 Å². The number of benzene rings is 8. The van der Waals surface area contributed by atoms with Crippen molar-refractivity contribution < 1.29 is 0 Å². The Bertz CT molecular complexity index is 2640. The zero-order chi connectivity index (χ0) is 36.7. The highest BCUT2D eigenvalue weighted by Gasteiger charge is 2.46. The van der Waals surface area contributed by atoms with Gasteiger partial charge in [-0.1, -0.05) is 180 Å². The molecule has 262 valence electrons. The van der Waals surface area contributed by atoms with Crippen molar-refractivity contribution in [1.82, 2.24) is 0 Å². The fraction of sp³-hybridized carbons (Fsp3) is 0.0588. The molecule has 11 rings (SSSR count). The van der Waals surface area contributed by atoms with Gasteiger partial charge < -0.3 is 0 Å². The van der Waals surface area contributed by atoms with Gasteiger partial charge in [0.15, 0.2) is 0 Å². The SMILES string of the molecule is Cc1ccc(C2(c3ccc(C)cc3)c3cc(-c4cccc5c4Sc4ccccc4S5)ccc3-c3ccc(-c4cccc5c4Sc4ccccc4S5)cc32)cc1. The molecule has 0 spiro atoms. The van der Waals surface area contributed by atoms with Crippen molar-refractivity contribution in [2.24, 2.45) is 0 Å². The third-order valence-corrected chi connectivity index (χ3v) is 16.5. The summed E-state index contributed by atoms with van der Waals surface area (Å²) in [6.07, 6.45) is 0. The molecule has 2 aliphatic heterocycles. The summed E-state index contributed by atoms with van der Waals surface area (Å²) in [7, 11) is 0. The Balaban J connectivity index is 1.15. The van der Waals surface area contributed by atoms with Crippen LogP contribution >= 0.6 is 47.0 Å². The summed E-state index contributed by atoms with van der Waals surface area (Å²) in [4.78, 5) is 10.6. The molecule has 0 N–H and O–H groups in total. The minimum absolute atomic E-state index is 0.523. The van der Waals surface area contributed by atoms with Crippen LogP contribution in [0.15, 0.2) is 209 Å². The van der Waals surface area contributed by atoms with Gasteiger partial charge in [-0.2, -0.15) is 0 Å². The van der Waals surface area contributed by atoms with Crippen molar-refractivity contribution >= 4 is 47.0 Å². The summed E-state index contributed by atoms with van der Waals surface area (Å²) in [5.74, 6) is 0. The van der Waals surface area contributed by atoms with Crippen molar-refractivity contribution in [3.8, 4) is 33.4 Å². The molecular weight excluding hydrogens is 741 g/mol. The minimum Gasteiger partial charge on any atom is -0.0877 e. The standard InChI is InChI=1S/C51H34S4/c1-31-17-23-35(24-18-31)51(36-25-19-32(2)20-26-36)41-29-33(37-9-7-15-47-49(37)54-45-13-5-3-11-43(45)52-47)21-27-39(41)40-28-22-34(30-42(40)51)38-10-8-16-48-50(38)55-46-14-6-4-12-44(46)53-48/h3-30H,1-2H3. The van der Waals surface area contributed by atoms with E-state index in [1.807, 2.05) is 47.0 Å². The average Bonchev–Trinajstić information content (AvgIpc) is 3.51. The number of hydrogen-bond acceptors (Lipinski definition) is 4. The molecule has 8 aromatic rings. The van der Waals surface area contributed by atoms with E-state index in [4.69, 9.17) is 0 Å². The topological polar surface area (TPSA) is 0 Å². The van der Waals surface area contributed by atoms with Gasteiger partial charge in [-0.15, -0.1) is 0 Å². The Morgan fingerprint density at radius 3 is 1.13 bits per heavy atom. The van der Waals surface area contributed by atoms with Crippen molar-refractivity contribution in [3.63, 3.8) is 0 Å². The molecule has 0 saturated carbocycles. The van der Waals surface area contributed by atoms with Gasteiger partial charge in [0.05, 0.1) is 5.41 Å². The number of aryl methyl sites for hydroxylation is 2. The Kier molecular flexibility index (Phi) is 8.00. The second-order valence-electron chi connectivity index (χ2n) is 14.6. The molecule has 0 bridgehead atoms. The van der Waals surface area contributed by atoms with Gasteiger partial charge in [0.2, 0.25) is 0 Å². The van der Waals surface area contributed by atoms with Crippen LogP contribution in [0.4, 0.5) is 0 Å². The Hall–Kier alpha value is -4.84. The first-order valence-corrected chi connectivity index (χ1v) is 21.9. The average molecular weight is 775 g/mol. The van der Waals surface area contributed by atoms with Crippen LogP contribution in [0.25, 0.3) is 33.4 Å². The lowest BCUT2D eigenvalue weighted by Crippen LogP contribution is -2.28. The van der Waals surface area contributed by atoms with Crippen molar-refractivity contribution in [3.05, 3.63) is 203 Å². The van der Waals surface area contributed by atoms with E-state index in [1.54, 1.807) is 0 Å². The smallest absolute Gasteiger partial charge is 0.0714 e. The van der Waals surface area contributed by atoms with Crippen LogP contribution in [0, 0.1) is 13.8 Å². The summed E-state index contributed by atoms with van der Waals surface area (Å²) in [5, 5.41) is 0. The number of fused-ring (bicyclic) bond motifs is 7. The third kappa shape index (κ3) is 5.33. The molecule has 1 aliphatic carbocycles. The van der Waals surface area contributed by atoms with Crippen LogP contribution < -0.4 is 0 Å². The van der Waals surface area contributed by atoms with Gasteiger partial charge in [-0.25, -0.2) is 0 Å². The normalized spacial score (nSPS) is 14.2. The fourth-order valence-electron chi connectivity index (χ4n) is 8.61. The van der Waals surface area contributed by atoms with E-state index in [0.29, 0.717) is 0 Å². The third-order valence-electron chi connectivity index (χ3n) is 11.2. The van der Waals surface area contributed by atoms with Crippen LogP contribution in [-0.2, 0) is 5.41 Å². The maximum atomic E-state index is 2.52. The maximum absolute atomic E-state index is 2.52. The summed E-state index contributed by atoms with van der Waals surface area (Å²) in [6.45, 7) is 4.38.